The van der Waals surface area contributed by atoms with Crippen LogP contribution in [-0.2, 0) is 0 Å². The summed E-state index contributed by atoms with van der Waals surface area (Å²) >= 11 is 0. The van der Waals surface area contributed by atoms with E-state index < -0.39 is 0 Å². The van der Waals surface area contributed by atoms with E-state index in [1.807, 2.05) is 13.0 Å². The fourth-order valence-corrected chi connectivity index (χ4v) is 0.663. The maximum absolute atomic E-state index is 8.83. The average Bonchev–Trinajstić information content (AvgIpc) is 1.87. The molecule has 60 valence electrons. The predicted molar refractivity (Wildman–Crippen MR) is 44.0 cm³/mol. The van der Waals surface area contributed by atoms with Crippen LogP contribution in [0.15, 0.2) is 12.2 Å². The van der Waals surface area contributed by atoms with Crippen LogP contribution in [0.2, 0.25) is 0 Å². The molecule has 0 unspecified atom stereocenters. The van der Waals surface area contributed by atoms with Crippen molar-refractivity contribution in [1.82, 2.24) is 5.32 Å². The lowest BCUT2D eigenvalue weighted by molar-refractivity contribution is 0.192. The van der Waals surface area contributed by atoms with Crippen LogP contribution >= 0.6 is 0 Å². The molecule has 0 aliphatic carbocycles. The molecule has 2 nitrogen and oxygen atoms in total. The van der Waals surface area contributed by atoms with Gasteiger partial charge in [-0.3, -0.25) is 0 Å². The van der Waals surface area contributed by atoms with Gasteiger partial charge in [-0.05, 0) is 26.8 Å². The van der Waals surface area contributed by atoms with E-state index in [0.717, 1.165) is 13.0 Å². The Labute approximate surface area is 62.9 Å². The molecule has 0 rings (SSSR count). The van der Waals surface area contributed by atoms with Gasteiger partial charge in [0.15, 0.2) is 0 Å². The second-order valence-electron chi connectivity index (χ2n) is 2.41. The van der Waals surface area contributed by atoms with Crippen LogP contribution in [0.5, 0.6) is 0 Å². The summed E-state index contributed by atoms with van der Waals surface area (Å²) in [7, 11) is 0. The van der Waals surface area contributed by atoms with E-state index in [2.05, 4.69) is 11.4 Å². The van der Waals surface area contributed by atoms with E-state index >= 15 is 0 Å². The fourth-order valence-electron chi connectivity index (χ4n) is 0.663. The lowest BCUT2D eigenvalue weighted by Gasteiger charge is -2.03. The molecule has 0 spiro atoms. The summed E-state index contributed by atoms with van der Waals surface area (Å²) < 4.78 is 0. The van der Waals surface area contributed by atoms with Crippen LogP contribution in [0.3, 0.4) is 0 Å². The second-order valence-corrected chi connectivity index (χ2v) is 2.41. The second kappa shape index (κ2) is 6.78. The summed E-state index contributed by atoms with van der Waals surface area (Å²) in [5.74, 6) is 0. The molecule has 1 atom stereocenters. The summed E-state index contributed by atoms with van der Waals surface area (Å²) in [4.78, 5) is 0. The first-order valence-corrected chi connectivity index (χ1v) is 3.77. The zero-order valence-electron chi connectivity index (χ0n) is 6.80. The van der Waals surface area contributed by atoms with Crippen LogP contribution in [0.4, 0.5) is 0 Å². The van der Waals surface area contributed by atoms with Crippen molar-refractivity contribution in [3.05, 3.63) is 12.2 Å². The zero-order chi connectivity index (χ0) is 7.82. The van der Waals surface area contributed by atoms with Gasteiger partial charge in [-0.25, -0.2) is 0 Å². The van der Waals surface area contributed by atoms with Crippen molar-refractivity contribution in [2.75, 3.05) is 13.1 Å². The Kier molecular flexibility index (Phi) is 6.55. The van der Waals surface area contributed by atoms with Crippen molar-refractivity contribution in [1.29, 1.82) is 0 Å². The highest BCUT2D eigenvalue weighted by Gasteiger charge is 1.90. The minimum atomic E-state index is -0.231. The fraction of sp³-hybridized carbons (Fsp3) is 0.750. The van der Waals surface area contributed by atoms with Crippen molar-refractivity contribution >= 4 is 0 Å². The number of hydrogen-bond acceptors (Lipinski definition) is 2. The quantitative estimate of drug-likeness (QED) is 0.443. The van der Waals surface area contributed by atoms with Crippen LogP contribution in [0, 0.1) is 0 Å². The molecule has 0 aromatic carbocycles. The third kappa shape index (κ3) is 7.66. The Morgan fingerprint density at radius 2 is 2.30 bits per heavy atom. The minimum absolute atomic E-state index is 0.231. The first-order valence-electron chi connectivity index (χ1n) is 3.77. The summed E-state index contributed by atoms with van der Waals surface area (Å²) in [6.07, 6.45) is 4.95. The predicted octanol–water partition coefficient (Wildman–Crippen LogP) is 0.923. The van der Waals surface area contributed by atoms with Gasteiger partial charge < -0.3 is 10.4 Å². The Hall–Kier alpha value is -0.340. The van der Waals surface area contributed by atoms with Crippen molar-refractivity contribution in [2.24, 2.45) is 0 Å². The van der Waals surface area contributed by atoms with Gasteiger partial charge >= 0.3 is 0 Å². The number of hydrogen-bond donors (Lipinski definition) is 2. The van der Waals surface area contributed by atoms with Gasteiger partial charge in [-0.1, -0.05) is 12.2 Å². The first kappa shape index (κ1) is 9.66. The maximum atomic E-state index is 8.83. The van der Waals surface area contributed by atoms with Crippen molar-refractivity contribution in [3.8, 4) is 0 Å². The Morgan fingerprint density at radius 3 is 2.80 bits per heavy atom. The molecular formula is C8H17NO. The standard InChI is InChI=1S/C8H17NO/c1-3-4-5-6-9-7-8(2)10/h3-4,8-10H,5-7H2,1-2H3/b4-3+/t8-/m0/s1. The average molecular weight is 143 g/mol. The number of nitrogens with one attached hydrogen (secondary N) is 1. The summed E-state index contributed by atoms with van der Waals surface area (Å²) in [6.45, 7) is 5.43. The number of rotatable bonds is 5. The Morgan fingerprint density at radius 1 is 1.60 bits per heavy atom. The molecule has 0 aromatic heterocycles. The van der Waals surface area contributed by atoms with E-state index in [1.54, 1.807) is 6.92 Å². The van der Waals surface area contributed by atoms with E-state index in [4.69, 9.17) is 5.11 Å². The first-order chi connectivity index (χ1) is 4.77. The molecule has 2 N–H and O–H groups in total. The largest absolute Gasteiger partial charge is 0.392 e. The van der Waals surface area contributed by atoms with Crippen LogP contribution < -0.4 is 5.32 Å². The van der Waals surface area contributed by atoms with Crippen molar-refractivity contribution in [2.45, 2.75) is 26.4 Å². The Balaban J connectivity index is 2.91. The molecule has 0 radical (unpaired) electrons. The summed E-state index contributed by atoms with van der Waals surface area (Å²) in [5, 5.41) is 11.9. The minimum Gasteiger partial charge on any atom is -0.392 e. The Bertz CT molecular complexity index is 89.3. The molecule has 2 heteroatoms. The smallest absolute Gasteiger partial charge is 0.0636 e. The van der Waals surface area contributed by atoms with E-state index in [1.165, 1.54) is 0 Å². The normalized spacial score (nSPS) is 14.3. The molecule has 0 aromatic rings. The molecule has 0 amide bonds. The maximum Gasteiger partial charge on any atom is 0.0636 e. The molecule has 0 aliphatic rings. The van der Waals surface area contributed by atoms with Crippen LogP contribution in [0.25, 0.3) is 0 Å². The number of allylic oxidation sites excluding steroid dienone is 1. The van der Waals surface area contributed by atoms with E-state index in [-0.39, 0.29) is 6.10 Å². The third-order valence-electron chi connectivity index (χ3n) is 1.16. The zero-order valence-corrected chi connectivity index (χ0v) is 6.80. The van der Waals surface area contributed by atoms with Gasteiger partial charge in [0, 0.05) is 6.54 Å². The highest BCUT2D eigenvalue weighted by molar-refractivity contribution is 4.77. The summed E-state index contributed by atoms with van der Waals surface area (Å²) in [6, 6.07) is 0. The highest BCUT2D eigenvalue weighted by atomic mass is 16.3. The lowest BCUT2D eigenvalue weighted by atomic mass is 10.3. The SMILES string of the molecule is C/C=C/CCNC[C@H](C)O. The number of aliphatic hydroxyl groups is 1. The third-order valence-corrected chi connectivity index (χ3v) is 1.16. The van der Waals surface area contributed by atoms with Crippen molar-refractivity contribution < 1.29 is 5.11 Å². The van der Waals surface area contributed by atoms with Crippen LogP contribution in [0.1, 0.15) is 20.3 Å². The van der Waals surface area contributed by atoms with Gasteiger partial charge in [0.2, 0.25) is 0 Å². The van der Waals surface area contributed by atoms with Gasteiger partial charge in [0.05, 0.1) is 6.10 Å². The molecule has 0 aliphatic heterocycles. The van der Waals surface area contributed by atoms with Gasteiger partial charge in [0.25, 0.3) is 0 Å². The van der Waals surface area contributed by atoms with Gasteiger partial charge in [0.1, 0.15) is 0 Å². The highest BCUT2D eigenvalue weighted by Crippen LogP contribution is 1.80. The van der Waals surface area contributed by atoms with Gasteiger partial charge in [-0.15, -0.1) is 0 Å². The van der Waals surface area contributed by atoms with Crippen molar-refractivity contribution in [3.63, 3.8) is 0 Å². The van der Waals surface area contributed by atoms with Gasteiger partial charge in [-0.2, -0.15) is 0 Å². The van der Waals surface area contributed by atoms with E-state index in [9.17, 15) is 0 Å². The molecular weight excluding hydrogens is 126 g/mol. The molecule has 0 bridgehead atoms. The molecule has 0 fully saturated rings. The molecule has 0 saturated carbocycles. The van der Waals surface area contributed by atoms with Crippen LogP contribution in [-0.4, -0.2) is 24.3 Å². The number of aliphatic hydroxyl groups excluding tert-OH is 1. The van der Waals surface area contributed by atoms with E-state index in [0.29, 0.717) is 6.54 Å². The lowest BCUT2D eigenvalue weighted by Crippen LogP contribution is -2.24. The topological polar surface area (TPSA) is 32.3 Å². The molecule has 10 heavy (non-hydrogen) atoms. The molecule has 0 saturated heterocycles. The monoisotopic (exact) mass is 143 g/mol. The summed E-state index contributed by atoms with van der Waals surface area (Å²) in [5.41, 5.74) is 0. The molecule has 0 heterocycles.